The Morgan fingerprint density at radius 3 is 2.49 bits per heavy atom. The number of alkyl halides is 3. The molecular weight excluding hydrogens is 660 g/mol. The minimum absolute atomic E-state index is 0.123. The predicted molar refractivity (Wildman–Crippen MR) is 165 cm³/mol. The summed E-state index contributed by atoms with van der Waals surface area (Å²) in [5.74, 6) is -6.46. The average Bonchev–Trinajstić information content (AvgIpc) is 3.54. The maximum Gasteiger partial charge on any atom is 0.411 e. The third-order valence-electron chi connectivity index (χ3n) is 8.63. The Balaban J connectivity index is 1.30. The lowest BCUT2D eigenvalue weighted by Crippen LogP contribution is -2.53. The smallest absolute Gasteiger partial charge is 0.411 e. The Morgan fingerprint density at radius 1 is 1.10 bits per heavy atom. The van der Waals surface area contributed by atoms with Gasteiger partial charge in [-0.3, -0.25) is 9.59 Å². The van der Waals surface area contributed by atoms with Gasteiger partial charge in [-0.25, -0.2) is 22.9 Å². The molecule has 16 heteroatoms. The number of ether oxygens (including phenoxy) is 1. The highest BCUT2D eigenvalue weighted by atomic mass is 19.4. The summed E-state index contributed by atoms with van der Waals surface area (Å²) in [6.07, 6.45) is -2.27. The normalized spacial score (nSPS) is 15.9. The molecule has 6 rings (SSSR count). The number of halogens is 6. The fraction of sp³-hybridized carbons (Fsp3) is 0.273. The standard InChI is InChI=1S/C33H27F6N5O5/c1-16-21-11-17(34)3-6-25(21)42(2)31(46)27(16)20-5-4-18(44-8-7-40-29(20)44)14-24(32(47)48)41-30(45)28-22(35)12-19(13-23(28)36)43-9-10-49-15-26(43)33(37,38)39/h3-8,11-13,24,26H,9-10,14-15H2,1-2H3,(H,41,45)(H,47,48)/t24-,26-/m0/s1. The number of carboxylic acid groups (broad SMARTS) is 1. The number of aliphatic carboxylic acids is 1. The summed E-state index contributed by atoms with van der Waals surface area (Å²) in [5, 5.41) is 12.5. The van der Waals surface area contributed by atoms with Crippen molar-refractivity contribution in [2.75, 3.05) is 24.7 Å². The van der Waals surface area contributed by atoms with E-state index >= 15 is 8.78 Å². The van der Waals surface area contributed by atoms with Crippen LogP contribution >= 0.6 is 0 Å². The van der Waals surface area contributed by atoms with Crippen LogP contribution in [0.3, 0.4) is 0 Å². The van der Waals surface area contributed by atoms with Gasteiger partial charge in [0.15, 0.2) is 0 Å². The molecule has 0 radical (unpaired) electrons. The fourth-order valence-electron chi connectivity index (χ4n) is 6.19. The second kappa shape index (κ2) is 12.6. The van der Waals surface area contributed by atoms with Crippen LogP contribution in [0.25, 0.3) is 27.7 Å². The minimum Gasteiger partial charge on any atom is -0.480 e. The number of pyridine rings is 2. The van der Waals surface area contributed by atoms with Crippen molar-refractivity contribution in [3.05, 3.63) is 99.5 Å². The van der Waals surface area contributed by atoms with E-state index in [0.29, 0.717) is 34.2 Å². The Hall–Kier alpha value is -5.38. The van der Waals surface area contributed by atoms with Crippen molar-refractivity contribution in [2.45, 2.75) is 31.6 Å². The molecule has 0 bridgehead atoms. The van der Waals surface area contributed by atoms with Crippen LogP contribution in [0.5, 0.6) is 0 Å². The number of hydrogen-bond donors (Lipinski definition) is 2. The number of benzene rings is 2. The molecule has 0 spiro atoms. The lowest BCUT2D eigenvalue weighted by Gasteiger charge is -2.38. The number of nitrogens with one attached hydrogen (secondary N) is 1. The van der Waals surface area contributed by atoms with Crippen LogP contribution in [0, 0.1) is 24.4 Å². The number of aromatic nitrogens is 3. The highest BCUT2D eigenvalue weighted by molar-refractivity contribution is 5.97. The second-order valence-electron chi connectivity index (χ2n) is 11.6. The number of carbonyl (C=O) groups excluding carboxylic acids is 1. The van der Waals surface area contributed by atoms with Gasteiger partial charge in [0.2, 0.25) is 0 Å². The third-order valence-corrected chi connectivity index (χ3v) is 8.63. The van der Waals surface area contributed by atoms with Crippen molar-refractivity contribution < 1.29 is 45.8 Å². The molecule has 1 amide bonds. The van der Waals surface area contributed by atoms with Crippen molar-refractivity contribution >= 4 is 34.1 Å². The van der Waals surface area contributed by atoms with Gasteiger partial charge in [0, 0.05) is 54.7 Å². The first-order valence-corrected chi connectivity index (χ1v) is 14.8. The van der Waals surface area contributed by atoms with E-state index in [2.05, 4.69) is 10.3 Å². The zero-order chi connectivity index (χ0) is 35.4. The number of carbonyl (C=O) groups is 2. The number of hydrogen-bond acceptors (Lipinski definition) is 6. The second-order valence-corrected chi connectivity index (χ2v) is 11.6. The van der Waals surface area contributed by atoms with Crippen LogP contribution in [0.15, 0.2) is 59.7 Å². The summed E-state index contributed by atoms with van der Waals surface area (Å²) in [4.78, 5) is 43.8. The summed E-state index contributed by atoms with van der Waals surface area (Å²) in [5.41, 5.74) is 0.114. The molecule has 0 aliphatic carbocycles. The van der Waals surface area contributed by atoms with Crippen molar-refractivity contribution in [2.24, 2.45) is 7.05 Å². The number of anilines is 1. The van der Waals surface area contributed by atoms with Crippen LogP contribution in [0.4, 0.5) is 32.0 Å². The Morgan fingerprint density at radius 2 is 1.82 bits per heavy atom. The molecule has 1 aliphatic rings. The van der Waals surface area contributed by atoms with Crippen molar-refractivity contribution in [3.63, 3.8) is 0 Å². The Bertz CT molecular complexity index is 2170. The lowest BCUT2D eigenvalue weighted by molar-refractivity contribution is -0.167. The maximum absolute atomic E-state index is 15.2. The van der Waals surface area contributed by atoms with E-state index in [1.54, 1.807) is 14.0 Å². The van der Waals surface area contributed by atoms with Crippen LogP contribution in [-0.2, 0) is 23.0 Å². The third kappa shape index (κ3) is 6.07. The van der Waals surface area contributed by atoms with Gasteiger partial charge in [-0.1, -0.05) is 0 Å². The van der Waals surface area contributed by atoms with Gasteiger partial charge in [-0.2, -0.15) is 13.2 Å². The summed E-state index contributed by atoms with van der Waals surface area (Å²) < 4.78 is 92.8. The first kappa shape index (κ1) is 33.5. The number of imidazole rings is 1. The number of carboxylic acids is 1. The van der Waals surface area contributed by atoms with Crippen molar-refractivity contribution in [1.82, 2.24) is 19.3 Å². The number of amides is 1. The average molecular weight is 688 g/mol. The molecule has 0 saturated carbocycles. The summed E-state index contributed by atoms with van der Waals surface area (Å²) >= 11 is 0. The van der Waals surface area contributed by atoms with Gasteiger partial charge in [0.25, 0.3) is 11.5 Å². The van der Waals surface area contributed by atoms with Gasteiger partial charge in [-0.05, 0) is 55.0 Å². The van der Waals surface area contributed by atoms with Crippen LogP contribution in [-0.4, -0.2) is 69.0 Å². The first-order valence-electron chi connectivity index (χ1n) is 14.8. The first-order chi connectivity index (χ1) is 23.2. The maximum atomic E-state index is 15.2. The molecule has 3 aromatic heterocycles. The number of morpholine rings is 1. The van der Waals surface area contributed by atoms with Crippen LogP contribution in [0.2, 0.25) is 0 Å². The highest BCUT2D eigenvalue weighted by Crippen LogP contribution is 2.33. The van der Waals surface area contributed by atoms with E-state index in [-0.39, 0.29) is 35.6 Å². The molecule has 5 aromatic rings. The van der Waals surface area contributed by atoms with Gasteiger partial charge in [-0.15, -0.1) is 0 Å². The van der Waals surface area contributed by atoms with Gasteiger partial charge in [0.1, 0.15) is 40.7 Å². The van der Waals surface area contributed by atoms with Gasteiger partial charge < -0.3 is 29.0 Å². The van der Waals surface area contributed by atoms with E-state index in [1.807, 2.05) is 0 Å². The predicted octanol–water partition coefficient (Wildman–Crippen LogP) is 4.77. The molecular formula is C33H27F6N5O5. The lowest BCUT2D eigenvalue weighted by atomic mass is 9.98. The molecule has 256 valence electrons. The van der Waals surface area contributed by atoms with E-state index in [0.717, 1.165) is 4.90 Å². The molecule has 2 N–H and O–H groups in total. The largest absolute Gasteiger partial charge is 0.480 e. The zero-order valence-corrected chi connectivity index (χ0v) is 25.8. The zero-order valence-electron chi connectivity index (χ0n) is 25.8. The summed E-state index contributed by atoms with van der Waals surface area (Å²) in [7, 11) is 1.55. The molecule has 1 aliphatic heterocycles. The molecule has 10 nitrogen and oxygen atoms in total. The SMILES string of the molecule is Cc1c(-c2ccc(C[C@H](NC(=O)c3c(F)cc(N4CCOC[C@H]4C(F)(F)F)cc3F)C(=O)O)n3ccnc23)c(=O)n(C)c2ccc(F)cc12. The number of aryl methyl sites for hydroxylation is 2. The highest BCUT2D eigenvalue weighted by Gasteiger charge is 2.46. The number of nitrogens with zero attached hydrogens (tertiary/aromatic N) is 4. The van der Waals surface area contributed by atoms with Gasteiger partial charge in [0.05, 0.1) is 24.3 Å². The van der Waals surface area contributed by atoms with E-state index in [1.165, 1.54) is 51.7 Å². The van der Waals surface area contributed by atoms with Crippen LogP contribution in [0.1, 0.15) is 21.6 Å². The van der Waals surface area contributed by atoms with E-state index < -0.39 is 71.9 Å². The molecule has 2 atom stereocenters. The fourth-order valence-corrected chi connectivity index (χ4v) is 6.19. The van der Waals surface area contributed by atoms with Crippen LogP contribution < -0.4 is 15.8 Å². The molecule has 1 fully saturated rings. The van der Waals surface area contributed by atoms with E-state index in [4.69, 9.17) is 4.74 Å². The molecule has 1 saturated heterocycles. The molecule has 2 aromatic carbocycles. The van der Waals surface area contributed by atoms with Gasteiger partial charge >= 0.3 is 12.1 Å². The van der Waals surface area contributed by atoms with E-state index in [9.17, 15) is 37.1 Å². The summed E-state index contributed by atoms with van der Waals surface area (Å²) in [6, 6.07) is 4.35. The monoisotopic (exact) mass is 687 g/mol. The Labute approximate surface area is 273 Å². The number of fused-ring (bicyclic) bond motifs is 2. The molecule has 0 unspecified atom stereocenters. The van der Waals surface area contributed by atoms with Crippen molar-refractivity contribution in [3.8, 4) is 11.1 Å². The molecule has 49 heavy (non-hydrogen) atoms. The summed E-state index contributed by atoms with van der Waals surface area (Å²) in [6.45, 7) is 0.480. The molecule has 4 heterocycles. The Kier molecular flexibility index (Phi) is 8.60. The number of rotatable bonds is 7. The quantitative estimate of drug-likeness (QED) is 0.237. The minimum atomic E-state index is -4.76. The topological polar surface area (TPSA) is 118 Å². The van der Waals surface area contributed by atoms with Crippen molar-refractivity contribution in [1.29, 1.82) is 0 Å².